The Hall–Kier alpha value is -1.59. The lowest BCUT2D eigenvalue weighted by Gasteiger charge is -2.19. The van der Waals surface area contributed by atoms with Crippen LogP contribution in [0.2, 0.25) is 0 Å². The van der Waals surface area contributed by atoms with Crippen molar-refractivity contribution in [3.05, 3.63) is 30.3 Å². The molecule has 0 aliphatic carbocycles. The molecule has 10 heteroatoms. The molecule has 0 fully saturated rings. The topological polar surface area (TPSA) is 138 Å². The summed E-state index contributed by atoms with van der Waals surface area (Å²) in [5, 5.41) is 18.0. The zero-order valence-electron chi connectivity index (χ0n) is 12.1. The second kappa shape index (κ2) is 8.89. The second-order valence-electron chi connectivity index (χ2n) is 4.74. The fourth-order valence-corrected chi connectivity index (χ4v) is 4.47. The van der Waals surface area contributed by atoms with Gasteiger partial charge < -0.3 is 14.7 Å². The lowest BCUT2D eigenvalue weighted by Crippen LogP contribution is -2.24. The number of aliphatic carboxylic acids is 2. The lowest BCUT2D eigenvalue weighted by atomic mass is 10.2. The minimum Gasteiger partial charge on any atom is -0.481 e. The summed E-state index contributed by atoms with van der Waals surface area (Å²) in [5.41, 5.74) is 0. The fraction of sp³-hybridized carbons (Fsp3) is 0.385. The fourth-order valence-electron chi connectivity index (χ4n) is 1.77. The summed E-state index contributed by atoms with van der Waals surface area (Å²) in [7, 11) is -6.27. The Kier molecular flexibility index (Phi) is 7.52. The third kappa shape index (κ3) is 6.59. The van der Waals surface area contributed by atoms with E-state index >= 15 is 0 Å². The van der Waals surface area contributed by atoms with Crippen molar-refractivity contribution in [2.45, 2.75) is 6.42 Å². The van der Waals surface area contributed by atoms with Gasteiger partial charge >= 0.3 is 20.0 Å². The first-order chi connectivity index (χ1) is 10.7. The highest BCUT2D eigenvalue weighted by molar-refractivity contribution is 7.67. The van der Waals surface area contributed by atoms with E-state index in [0.717, 1.165) is 0 Å². The normalized spacial score (nSPS) is 15.4. The summed E-state index contributed by atoms with van der Waals surface area (Å²) in [6, 6.07) is 7.90. The molecule has 3 atom stereocenters. The Balaban J connectivity index is 2.92. The summed E-state index contributed by atoms with van der Waals surface area (Å²) in [6.07, 6.45) is -1.22. The first-order valence-corrected chi connectivity index (χ1v) is 9.82. The van der Waals surface area contributed by atoms with Crippen LogP contribution >= 0.6 is 15.4 Å². The van der Waals surface area contributed by atoms with Crippen molar-refractivity contribution in [2.24, 2.45) is 5.92 Å². The van der Waals surface area contributed by atoms with Gasteiger partial charge in [0, 0.05) is 11.5 Å². The average Bonchev–Trinajstić information content (AvgIpc) is 2.49. The quantitative estimate of drug-likeness (QED) is 0.532. The molecule has 23 heavy (non-hydrogen) atoms. The Morgan fingerprint density at radius 2 is 1.83 bits per heavy atom. The molecular formula is C13H17O8P2+. The molecule has 3 unspecified atom stereocenters. The SMILES string of the molecule is O=C(O)CCP(=O)(OCC(C[P+](=O)O)C(=O)O)c1ccccc1. The number of benzene rings is 1. The molecule has 0 aromatic heterocycles. The van der Waals surface area contributed by atoms with Crippen LogP contribution in [0.25, 0.3) is 0 Å². The average molecular weight is 363 g/mol. The molecule has 0 heterocycles. The maximum atomic E-state index is 12.9. The van der Waals surface area contributed by atoms with Crippen LogP contribution in [0.15, 0.2) is 30.3 Å². The molecule has 0 aliphatic heterocycles. The molecule has 126 valence electrons. The first-order valence-electron chi connectivity index (χ1n) is 6.62. The maximum Gasteiger partial charge on any atom is 0.506 e. The van der Waals surface area contributed by atoms with E-state index in [1.54, 1.807) is 18.2 Å². The van der Waals surface area contributed by atoms with Gasteiger partial charge in [-0.05, 0) is 16.7 Å². The molecule has 0 saturated heterocycles. The minimum atomic E-state index is -3.58. The highest BCUT2D eigenvalue weighted by Gasteiger charge is 2.33. The van der Waals surface area contributed by atoms with E-state index in [0.29, 0.717) is 0 Å². The summed E-state index contributed by atoms with van der Waals surface area (Å²) >= 11 is 0. The number of hydrogen-bond donors (Lipinski definition) is 3. The van der Waals surface area contributed by atoms with Crippen LogP contribution in [0.5, 0.6) is 0 Å². The molecule has 8 nitrogen and oxygen atoms in total. The Labute approximate surface area is 133 Å². The minimum absolute atomic E-state index is 0.277. The highest BCUT2D eigenvalue weighted by atomic mass is 31.2. The largest absolute Gasteiger partial charge is 0.506 e. The summed E-state index contributed by atoms with van der Waals surface area (Å²) in [4.78, 5) is 30.6. The smallest absolute Gasteiger partial charge is 0.481 e. The molecule has 0 saturated carbocycles. The summed E-state index contributed by atoms with van der Waals surface area (Å²) in [6.45, 7) is -0.539. The van der Waals surface area contributed by atoms with Crippen molar-refractivity contribution in [3.8, 4) is 0 Å². The Morgan fingerprint density at radius 3 is 2.30 bits per heavy atom. The standard InChI is InChI=1S/C13H16O8P2/c14-12(15)6-7-23(20,11-4-2-1-3-5-11)21-8-10(13(16)17)9-22(18)19/h1-5,10H,6-9H2,(H2-,14,15,16,17,18,19)/p+1. The van der Waals surface area contributed by atoms with Crippen molar-refractivity contribution < 1.29 is 38.3 Å². The van der Waals surface area contributed by atoms with Gasteiger partial charge in [0.2, 0.25) is 7.37 Å². The predicted molar refractivity (Wildman–Crippen MR) is 82.6 cm³/mol. The predicted octanol–water partition coefficient (Wildman–Crippen LogP) is 1.52. The van der Waals surface area contributed by atoms with Crippen LogP contribution in [0.4, 0.5) is 0 Å². The molecule has 1 aromatic carbocycles. The molecule has 1 aromatic rings. The van der Waals surface area contributed by atoms with E-state index in [2.05, 4.69) is 0 Å². The maximum absolute atomic E-state index is 12.9. The number of carboxylic acid groups (broad SMARTS) is 2. The van der Waals surface area contributed by atoms with Gasteiger partial charge in [-0.25, -0.2) is 0 Å². The highest BCUT2D eigenvalue weighted by Crippen LogP contribution is 2.46. The molecular weight excluding hydrogens is 346 g/mol. The van der Waals surface area contributed by atoms with Gasteiger partial charge in [0.25, 0.3) is 0 Å². The zero-order valence-corrected chi connectivity index (χ0v) is 13.9. The van der Waals surface area contributed by atoms with Crippen LogP contribution in [0, 0.1) is 5.92 Å². The third-order valence-corrected chi connectivity index (χ3v) is 6.20. The molecule has 0 radical (unpaired) electrons. The first kappa shape index (κ1) is 19.5. The molecule has 0 amide bonds. The van der Waals surface area contributed by atoms with Gasteiger partial charge in [0.15, 0.2) is 6.16 Å². The number of hydrogen-bond acceptors (Lipinski definition) is 5. The summed E-state index contributed by atoms with van der Waals surface area (Å²) < 4.78 is 29.0. The second-order valence-corrected chi connectivity index (χ2v) is 8.38. The third-order valence-electron chi connectivity index (χ3n) is 2.98. The van der Waals surface area contributed by atoms with Gasteiger partial charge in [-0.3, -0.25) is 14.2 Å². The van der Waals surface area contributed by atoms with Gasteiger partial charge in [0.1, 0.15) is 5.92 Å². The van der Waals surface area contributed by atoms with E-state index < -0.39 is 52.4 Å². The van der Waals surface area contributed by atoms with E-state index in [9.17, 15) is 18.7 Å². The molecule has 1 rings (SSSR count). The van der Waals surface area contributed by atoms with E-state index in [1.165, 1.54) is 12.1 Å². The van der Waals surface area contributed by atoms with E-state index in [-0.39, 0.29) is 11.5 Å². The van der Waals surface area contributed by atoms with Gasteiger partial charge in [-0.2, -0.15) is 4.89 Å². The monoisotopic (exact) mass is 363 g/mol. The number of rotatable bonds is 10. The van der Waals surface area contributed by atoms with E-state index in [4.69, 9.17) is 19.6 Å². The Morgan fingerprint density at radius 1 is 1.22 bits per heavy atom. The number of carboxylic acids is 2. The number of carbonyl (C=O) groups is 2. The van der Waals surface area contributed by atoms with Gasteiger partial charge in [-0.15, -0.1) is 0 Å². The van der Waals surface area contributed by atoms with Gasteiger partial charge in [0.05, 0.1) is 13.0 Å². The zero-order chi connectivity index (χ0) is 17.5. The molecule has 3 N–H and O–H groups in total. The Bertz CT molecular complexity index is 616. The van der Waals surface area contributed by atoms with Crippen LogP contribution in [0.1, 0.15) is 6.42 Å². The van der Waals surface area contributed by atoms with Crippen molar-refractivity contribution >= 4 is 32.6 Å². The van der Waals surface area contributed by atoms with Crippen LogP contribution in [0.3, 0.4) is 0 Å². The van der Waals surface area contributed by atoms with Crippen LogP contribution in [-0.2, 0) is 23.2 Å². The summed E-state index contributed by atoms with van der Waals surface area (Å²) in [5.74, 6) is -3.80. The van der Waals surface area contributed by atoms with Crippen molar-refractivity contribution in [2.75, 3.05) is 18.9 Å². The van der Waals surface area contributed by atoms with Gasteiger partial charge in [-0.1, -0.05) is 18.2 Å². The van der Waals surface area contributed by atoms with Crippen molar-refractivity contribution in [1.82, 2.24) is 0 Å². The molecule has 0 spiro atoms. The van der Waals surface area contributed by atoms with Crippen molar-refractivity contribution in [1.29, 1.82) is 0 Å². The lowest BCUT2D eigenvalue weighted by molar-refractivity contribution is -0.142. The molecule has 0 bridgehead atoms. The van der Waals surface area contributed by atoms with E-state index in [1.807, 2.05) is 0 Å². The molecule has 0 aliphatic rings. The van der Waals surface area contributed by atoms with Crippen LogP contribution < -0.4 is 5.30 Å². The van der Waals surface area contributed by atoms with Crippen LogP contribution in [-0.4, -0.2) is 46.0 Å². The van der Waals surface area contributed by atoms with Crippen molar-refractivity contribution in [3.63, 3.8) is 0 Å².